The van der Waals surface area contributed by atoms with Crippen molar-refractivity contribution in [2.24, 2.45) is 4.99 Å². The number of furan rings is 1. The van der Waals surface area contributed by atoms with E-state index in [1.165, 1.54) is 15.9 Å². The van der Waals surface area contributed by atoms with Gasteiger partial charge in [0, 0.05) is 11.6 Å². The summed E-state index contributed by atoms with van der Waals surface area (Å²) >= 11 is 1.20. The molecule has 0 radical (unpaired) electrons. The molecule has 5 rings (SSSR count). The predicted molar refractivity (Wildman–Crippen MR) is 169 cm³/mol. The van der Waals surface area contributed by atoms with Crippen LogP contribution in [-0.4, -0.2) is 42.9 Å². The lowest BCUT2D eigenvalue weighted by Crippen LogP contribution is -2.40. The number of esters is 2. The van der Waals surface area contributed by atoms with E-state index in [-0.39, 0.29) is 17.7 Å². The average molecular weight is 631 g/mol. The number of carbonyl (C=O) groups excluding carboxylic acids is 2. The van der Waals surface area contributed by atoms with Crippen LogP contribution in [0.3, 0.4) is 0 Å². The summed E-state index contributed by atoms with van der Waals surface area (Å²) in [5.41, 5.74) is 2.26. The van der Waals surface area contributed by atoms with Gasteiger partial charge >= 0.3 is 11.9 Å². The number of carbonyl (C=O) groups is 2. The maximum Gasteiger partial charge on any atom is 0.338 e. The largest absolute Gasteiger partial charge is 0.490 e. The van der Waals surface area contributed by atoms with E-state index in [2.05, 4.69) is 4.99 Å². The number of rotatable bonds is 11. The first kappa shape index (κ1) is 31.5. The second-order valence-corrected chi connectivity index (χ2v) is 10.9. The van der Waals surface area contributed by atoms with Crippen molar-refractivity contribution in [1.82, 2.24) is 4.57 Å². The zero-order valence-electron chi connectivity index (χ0n) is 25.7. The van der Waals surface area contributed by atoms with E-state index in [0.717, 1.165) is 5.56 Å². The Morgan fingerprint density at radius 2 is 1.58 bits per heavy atom. The molecule has 0 N–H and O–H groups in total. The van der Waals surface area contributed by atoms with Gasteiger partial charge in [0.05, 0.1) is 53.8 Å². The van der Waals surface area contributed by atoms with Gasteiger partial charge in [0.15, 0.2) is 16.3 Å². The molecular formula is C34H34N2O8S. The maximum atomic E-state index is 14.0. The zero-order chi connectivity index (χ0) is 32.1. The Kier molecular flexibility index (Phi) is 9.68. The highest BCUT2D eigenvalue weighted by Gasteiger charge is 2.34. The molecule has 0 bridgehead atoms. The Morgan fingerprint density at radius 1 is 0.889 bits per heavy atom. The molecule has 3 heterocycles. The molecule has 1 atom stereocenters. The number of aromatic nitrogens is 1. The summed E-state index contributed by atoms with van der Waals surface area (Å²) in [6.45, 7) is 10.3. The third-order valence-corrected chi connectivity index (χ3v) is 7.96. The van der Waals surface area contributed by atoms with Crippen LogP contribution in [0.2, 0.25) is 0 Å². The van der Waals surface area contributed by atoms with E-state index >= 15 is 0 Å². The lowest BCUT2D eigenvalue weighted by molar-refractivity contribution is -0.139. The zero-order valence-corrected chi connectivity index (χ0v) is 26.6. The van der Waals surface area contributed by atoms with Crippen LogP contribution >= 0.6 is 11.3 Å². The molecule has 0 saturated heterocycles. The first-order valence-corrected chi connectivity index (χ1v) is 15.6. The summed E-state index contributed by atoms with van der Waals surface area (Å²) in [6, 6.07) is 15.0. The summed E-state index contributed by atoms with van der Waals surface area (Å²) in [5.74, 6) is 1.17. The van der Waals surface area contributed by atoms with E-state index < -0.39 is 18.0 Å². The second kappa shape index (κ2) is 13.8. The molecule has 0 amide bonds. The van der Waals surface area contributed by atoms with Gasteiger partial charge in [0.25, 0.3) is 5.56 Å². The van der Waals surface area contributed by atoms with Crippen molar-refractivity contribution >= 4 is 29.4 Å². The van der Waals surface area contributed by atoms with Gasteiger partial charge in [0.2, 0.25) is 0 Å². The summed E-state index contributed by atoms with van der Waals surface area (Å²) in [6.07, 6.45) is 1.66. The van der Waals surface area contributed by atoms with Crippen molar-refractivity contribution in [3.8, 4) is 22.8 Å². The van der Waals surface area contributed by atoms with Crippen LogP contribution in [-0.2, 0) is 14.3 Å². The van der Waals surface area contributed by atoms with Crippen LogP contribution in [0.25, 0.3) is 17.4 Å². The van der Waals surface area contributed by atoms with E-state index in [1.54, 1.807) is 75.4 Å². The van der Waals surface area contributed by atoms with Gasteiger partial charge in [-0.2, -0.15) is 0 Å². The molecule has 0 unspecified atom stereocenters. The molecule has 11 heteroatoms. The Bertz CT molecular complexity index is 1930. The number of benzene rings is 2. The van der Waals surface area contributed by atoms with Gasteiger partial charge in [-0.3, -0.25) is 9.36 Å². The smallest absolute Gasteiger partial charge is 0.338 e. The van der Waals surface area contributed by atoms with Crippen LogP contribution in [0.1, 0.15) is 62.3 Å². The number of thiazole rings is 1. The number of allylic oxidation sites excluding steroid dienone is 1. The fraction of sp³-hybridized carbons (Fsp3) is 0.294. The Morgan fingerprint density at radius 3 is 2.27 bits per heavy atom. The summed E-state index contributed by atoms with van der Waals surface area (Å²) in [5, 5.41) is 0. The van der Waals surface area contributed by atoms with E-state index in [0.29, 0.717) is 69.0 Å². The highest BCUT2D eigenvalue weighted by atomic mass is 32.1. The Balaban J connectivity index is 1.57. The molecular weight excluding hydrogens is 596 g/mol. The monoisotopic (exact) mass is 630 g/mol. The first-order valence-electron chi connectivity index (χ1n) is 14.8. The highest BCUT2D eigenvalue weighted by molar-refractivity contribution is 7.07. The summed E-state index contributed by atoms with van der Waals surface area (Å²) in [4.78, 5) is 44.4. The second-order valence-electron chi connectivity index (χ2n) is 9.87. The molecule has 1 aliphatic rings. The van der Waals surface area contributed by atoms with Gasteiger partial charge in [-0.25, -0.2) is 14.6 Å². The molecule has 2 aromatic heterocycles. The minimum atomic E-state index is -0.803. The van der Waals surface area contributed by atoms with Crippen molar-refractivity contribution in [2.75, 3.05) is 26.4 Å². The van der Waals surface area contributed by atoms with Crippen LogP contribution in [0.15, 0.2) is 80.1 Å². The molecule has 4 aromatic rings. The highest BCUT2D eigenvalue weighted by Crippen LogP contribution is 2.36. The maximum absolute atomic E-state index is 14.0. The molecule has 0 fully saturated rings. The van der Waals surface area contributed by atoms with Gasteiger partial charge in [-0.15, -0.1) is 0 Å². The fourth-order valence-electron chi connectivity index (χ4n) is 5.04. The number of nitrogens with zero attached hydrogens (tertiary/aromatic N) is 2. The van der Waals surface area contributed by atoms with Gasteiger partial charge in [-0.05, 0) is 76.6 Å². The average Bonchev–Trinajstić information content (AvgIpc) is 3.62. The van der Waals surface area contributed by atoms with Crippen molar-refractivity contribution in [1.29, 1.82) is 0 Å². The fourth-order valence-corrected chi connectivity index (χ4v) is 6.07. The lowest BCUT2D eigenvalue weighted by atomic mass is 9.95. The molecule has 0 saturated carbocycles. The molecule has 10 nitrogen and oxygen atoms in total. The van der Waals surface area contributed by atoms with Crippen LogP contribution < -0.4 is 24.4 Å². The topological polar surface area (TPSA) is 119 Å². The third-order valence-electron chi connectivity index (χ3n) is 6.98. The van der Waals surface area contributed by atoms with Crippen LogP contribution in [0.4, 0.5) is 0 Å². The molecule has 1 aliphatic heterocycles. The number of fused-ring (bicyclic) bond motifs is 1. The van der Waals surface area contributed by atoms with E-state index in [4.69, 9.17) is 23.4 Å². The van der Waals surface area contributed by atoms with Crippen LogP contribution in [0.5, 0.6) is 11.5 Å². The third kappa shape index (κ3) is 6.48. The standard InChI is InChI=1S/C34H34N2O8S/c1-6-40-26-16-14-23(18-27(26)41-7-2)30-29(33(39)43-9-4)20(5)35-34-36(30)31(37)28(45-34)19-24-15-17-25(44-24)21-10-12-22(13-11-21)32(38)42-8-3/h10-19,30H,6-9H2,1-5H3/b28-19-/t30-/m1/s1. The Hall–Kier alpha value is -4.90. The Labute approximate surface area is 263 Å². The minimum Gasteiger partial charge on any atom is -0.490 e. The summed E-state index contributed by atoms with van der Waals surface area (Å²) in [7, 11) is 0. The number of ether oxygens (including phenoxy) is 4. The number of hydrogen-bond donors (Lipinski definition) is 0. The van der Waals surface area contributed by atoms with Gasteiger partial charge in [0.1, 0.15) is 11.5 Å². The molecule has 45 heavy (non-hydrogen) atoms. The molecule has 234 valence electrons. The van der Waals surface area contributed by atoms with Crippen molar-refractivity contribution in [3.63, 3.8) is 0 Å². The van der Waals surface area contributed by atoms with Crippen LogP contribution in [0, 0.1) is 0 Å². The van der Waals surface area contributed by atoms with Crippen molar-refractivity contribution in [2.45, 2.75) is 40.7 Å². The SMILES string of the molecule is CCOC(=O)C1=C(C)N=c2s/c(=C\c3ccc(-c4ccc(C(=O)OCC)cc4)o3)c(=O)n2[C@@H]1c1ccc(OCC)c(OCC)c1. The molecule has 0 spiro atoms. The minimum absolute atomic E-state index is 0.173. The molecule has 2 aromatic carbocycles. The lowest BCUT2D eigenvalue weighted by Gasteiger charge is -2.25. The molecule has 0 aliphatic carbocycles. The quantitative estimate of drug-likeness (QED) is 0.212. The number of hydrogen-bond acceptors (Lipinski definition) is 10. The normalized spacial score (nSPS) is 14.5. The van der Waals surface area contributed by atoms with E-state index in [1.807, 2.05) is 19.9 Å². The first-order chi connectivity index (χ1) is 21.8. The van der Waals surface area contributed by atoms with E-state index in [9.17, 15) is 14.4 Å². The van der Waals surface area contributed by atoms with Crippen molar-refractivity contribution < 1.29 is 33.0 Å². The van der Waals surface area contributed by atoms with Gasteiger partial charge in [-0.1, -0.05) is 29.5 Å². The predicted octanol–water partition coefficient (Wildman–Crippen LogP) is 5.03. The summed E-state index contributed by atoms with van der Waals surface area (Å²) < 4.78 is 30.0. The van der Waals surface area contributed by atoms with Crippen molar-refractivity contribution in [3.05, 3.63) is 102 Å². The van der Waals surface area contributed by atoms with Gasteiger partial charge < -0.3 is 23.4 Å².